The van der Waals surface area contributed by atoms with Crippen LogP contribution < -0.4 is 15.9 Å². The number of hydrogen-bond acceptors (Lipinski definition) is 6. The highest BCUT2D eigenvalue weighted by atomic mass is 19.1. The number of nitrogens with one attached hydrogen (secondary N) is 2. The van der Waals surface area contributed by atoms with Gasteiger partial charge in [-0.1, -0.05) is 18.2 Å². The third-order valence-corrected chi connectivity index (χ3v) is 3.49. The third-order valence-electron chi connectivity index (χ3n) is 3.49. The van der Waals surface area contributed by atoms with E-state index in [9.17, 15) is 9.18 Å². The number of hydrazone groups is 1. The number of hydrogen-bond donors (Lipinski definition) is 2. The van der Waals surface area contributed by atoms with E-state index < -0.39 is 5.69 Å². The van der Waals surface area contributed by atoms with E-state index in [-0.39, 0.29) is 18.2 Å². The van der Waals surface area contributed by atoms with Crippen LogP contribution in [-0.4, -0.2) is 21.4 Å². The number of halogens is 1. The van der Waals surface area contributed by atoms with Gasteiger partial charge in [0.05, 0.1) is 6.21 Å². The molecule has 2 aromatic carbocycles. The standard InChI is InChI=1S/C18H16FN5O2/c1-12-17(21-18(25)24-22-12)23-20-10-13-6-8-15(9-7-13)26-11-14-4-2-3-5-16(14)19/h2-10H,11H2,1H3,(H2,21,23,24,25)/b20-10-. The summed E-state index contributed by atoms with van der Waals surface area (Å²) < 4.78 is 19.1. The molecule has 132 valence electrons. The van der Waals surface area contributed by atoms with Gasteiger partial charge in [-0.25, -0.2) is 14.3 Å². The molecule has 1 heterocycles. The zero-order valence-electron chi connectivity index (χ0n) is 13.9. The first-order valence-corrected chi connectivity index (χ1v) is 7.80. The normalized spacial score (nSPS) is 10.8. The molecule has 0 aliphatic carbocycles. The van der Waals surface area contributed by atoms with Gasteiger partial charge < -0.3 is 4.74 Å². The average Bonchev–Trinajstić information content (AvgIpc) is 2.65. The van der Waals surface area contributed by atoms with Gasteiger partial charge in [0.2, 0.25) is 0 Å². The summed E-state index contributed by atoms with van der Waals surface area (Å²) in [5.74, 6) is 0.616. The van der Waals surface area contributed by atoms with Gasteiger partial charge in [0.15, 0.2) is 5.82 Å². The van der Waals surface area contributed by atoms with Gasteiger partial charge in [-0.3, -0.25) is 5.43 Å². The zero-order chi connectivity index (χ0) is 18.4. The maximum absolute atomic E-state index is 13.6. The second kappa shape index (κ2) is 8.02. The van der Waals surface area contributed by atoms with E-state index in [1.54, 1.807) is 55.6 Å². The lowest BCUT2D eigenvalue weighted by atomic mass is 10.2. The number of benzene rings is 2. The highest BCUT2D eigenvalue weighted by molar-refractivity contribution is 5.80. The number of aromatic amines is 1. The molecule has 0 atom stereocenters. The van der Waals surface area contributed by atoms with Gasteiger partial charge in [0, 0.05) is 5.56 Å². The minimum atomic E-state index is -0.551. The van der Waals surface area contributed by atoms with Gasteiger partial charge in [-0.05, 0) is 42.8 Å². The van der Waals surface area contributed by atoms with Crippen LogP contribution in [0.4, 0.5) is 10.2 Å². The van der Waals surface area contributed by atoms with Crippen LogP contribution in [0.25, 0.3) is 0 Å². The number of anilines is 1. The molecule has 0 spiro atoms. The van der Waals surface area contributed by atoms with Crippen LogP contribution in [0, 0.1) is 12.7 Å². The second-order valence-electron chi connectivity index (χ2n) is 5.39. The quantitative estimate of drug-likeness (QED) is 0.525. The molecule has 0 saturated carbocycles. The first-order valence-electron chi connectivity index (χ1n) is 7.80. The summed E-state index contributed by atoms with van der Waals surface area (Å²) in [5, 5.41) is 10.1. The maximum Gasteiger partial charge on any atom is 0.363 e. The van der Waals surface area contributed by atoms with Crippen molar-refractivity contribution in [1.82, 2.24) is 15.2 Å². The molecule has 0 aliphatic rings. The average molecular weight is 353 g/mol. The molecule has 3 aromatic rings. The van der Waals surface area contributed by atoms with E-state index in [0.29, 0.717) is 17.0 Å². The largest absolute Gasteiger partial charge is 0.489 e. The molecule has 0 fully saturated rings. The number of ether oxygens (including phenoxy) is 1. The smallest absolute Gasteiger partial charge is 0.363 e. The number of rotatable bonds is 6. The molecule has 0 unspecified atom stereocenters. The SMILES string of the molecule is Cc1n[nH]c(=O)nc1N/N=C\c1ccc(OCc2ccccc2F)cc1. The van der Waals surface area contributed by atoms with Gasteiger partial charge in [-0.15, -0.1) is 0 Å². The minimum absolute atomic E-state index is 0.155. The van der Waals surface area contributed by atoms with Crippen molar-refractivity contribution < 1.29 is 9.13 Å². The summed E-state index contributed by atoms with van der Waals surface area (Å²) in [4.78, 5) is 14.9. The number of aryl methyl sites for hydroxylation is 1. The van der Waals surface area contributed by atoms with E-state index in [0.717, 1.165) is 5.56 Å². The lowest BCUT2D eigenvalue weighted by Gasteiger charge is -2.07. The van der Waals surface area contributed by atoms with E-state index in [2.05, 4.69) is 25.7 Å². The second-order valence-corrected chi connectivity index (χ2v) is 5.39. The van der Waals surface area contributed by atoms with Crippen LogP contribution in [0.5, 0.6) is 5.75 Å². The zero-order valence-corrected chi connectivity index (χ0v) is 13.9. The first-order chi connectivity index (χ1) is 12.6. The predicted molar refractivity (Wildman–Crippen MR) is 95.8 cm³/mol. The molecule has 8 heteroatoms. The molecular weight excluding hydrogens is 337 g/mol. The number of nitrogens with zero attached hydrogens (tertiary/aromatic N) is 3. The fourth-order valence-electron chi connectivity index (χ4n) is 2.09. The topological polar surface area (TPSA) is 92.3 Å². The summed E-state index contributed by atoms with van der Waals surface area (Å²) in [6.07, 6.45) is 1.57. The van der Waals surface area contributed by atoms with Crippen LogP contribution in [0.1, 0.15) is 16.8 Å². The Morgan fingerprint density at radius 2 is 2.00 bits per heavy atom. The van der Waals surface area contributed by atoms with Crippen LogP contribution in [0.15, 0.2) is 58.4 Å². The van der Waals surface area contributed by atoms with Crippen molar-refractivity contribution in [1.29, 1.82) is 0 Å². The molecule has 3 rings (SSSR count). The van der Waals surface area contributed by atoms with Crippen LogP contribution in [0.3, 0.4) is 0 Å². The van der Waals surface area contributed by atoms with E-state index >= 15 is 0 Å². The van der Waals surface area contributed by atoms with Gasteiger partial charge in [-0.2, -0.15) is 15.2 Å². The maximum atomic E-state index is 13.6. The Balaban J connectivity index is 1.58. The Labute approximate surface area is 148 Å². The van der Waals surface area contributed by atoms with E-state index in [1.165, 1.54) is 6.07 Å². The lowest BCUT2D eigenvalue weighted by molar-refractivity contribution is 0.300. The van der Waals surface area contributed by atoms with Crippen molar-refractivity contribution in [3.05, 3.63) is 81.7 Å². The monoisotopic (exact) mass is 353 g/mol. The molecule has 2 N–H and O–H groups in total. The molecule has 0 amide bonds. The first kappa shape index (κ1) is 17.3. The minimum Gasteiger partial charge on any atom is -0.489 e. The molecule has 0 bridgehead atoms. The summed E-state index contributed by atoms with van der Waals surface area (Å²) in [7, 11) is 0. The fraction of sp³-hybridized carbons (Fsp3) is 0.111. The summed E-state index contributed by atoms with van der Waals surface area (Å²) in [6, 6.07) is 13.6. The molecule has 26 heavy (non-hydrogen) atoms. The highest BCUT2D eigenvalue weighted by Gasteiger charge is 2.02. The molecular formula is C18H16FN5O2. The predicted octanol–water partition coefficient (Wildman–Crippen LogP) is 2.64. The van der Waals surface area contributed by atoms with Gasteiger partial charge in [0.25, 0.3) is 0 Å². The summed E-state index contributed by atoms with van der Waals surface area (Å²) in [6.45, 7) is 1.85. The van der Waals surface area contributed by atoms with Crippen molar-refractivity contribution in [2.75, 3.05) is 5.43 Å². The Morgan fingerprint density at radius 1 is 1.23 bits per heavy atom. The van der Waals surface area contributed by atoms with Crippen molar-refractivity contribution in [2.45, 2.75) is 13.5 Å². The van der Waals surface area contributed by atoms with Crippen molar-refractivity contribution in [3.8, 4) is 5.75 Å². The summed E-state index contributed by atoms with van der Waals surface area (Å²) in [5.41, 5.74) is 3.96. The van der Waals surface area contributed by atoms with Crippen molar-refractivity contribution in [2.24, 2.45) is 5.10 Å². The molecule has 7 nitrogen and oxygen atoms in total. The lowest BCUT2D eigenvalue weighted by Crippen LogP contribution is -2.15. The highest BCUT2D eigenvalue weighted by Crippen LogP contribution is 2.15. The number of aromatic nitrogens is 3. The molecule has 0 aliphatic heterocycles. The molecule has 0 radical (unpaired) electrons. The Hall–Kier alpha value is -3.55. The summed E-state index contributed by atoms with van der Waals surface area (Å²) >= 11 is 0. The number of H-pyrrole nitrogens is 1. The van der Waals surface area contributed by atoms with Crippen molar-refractivity contribution >= 4 is 12.0 Å². The van der Waals surface area contributed by atoms with Crippen LogP contribution >= 0.6 is 0 Å². The van der Waals surface area contributed by atoms with Crippen molar-refractivity contribution in [3.63, 3.8) is 0 Å². The van der Waals surface area contributed by atoms with Gasteiger partial charge >= 0.3 is 5.69 Å². The van der Waals surface area contributed by atoms with Crippen LogP contribution in [0.2, 0.25) is 0 Å². The Bertz CT molecular complexity index is 970. The van der Waals surface area contributed by atoms with Crippen LogP contribution in [-0.2, 0) is 6.61 Å². The van der Waals surface area contributed by atoms with Gasteiger partial charge in [0.1, 0.15) is 23.9 Å². The Kier molecular flexibility index (Phi) is 5.33. The Morgan fingerprint density at radius 3 is 2.77 bits per heavy atom. The molecule has 0 saturated heterocycles. The third kappa shape index (κ3) is 4.50. The molecule has 1 aromatic heterocycles. The van der Waals surface area contributed by atoms with E-state index in [1.807, 2.05) is 0 Å². The van der Waals surface area contributed by atoms with E-state index in [4.69, 9.17) is 4.74 Å². The fourth-order valence-corrected chi connectivity index (χ4v) is 2.09.